The van der Waals surface area contributed by atoms with E-state index in [9.17, 15) is 0 Å². The summed E-state index contributed by atoms with van der Waals surface area (Å²) in [6, 6.07) is 27.8. The lowest BCUT2D eigenvalue weighted by atomic mass is 10.0. The molecule has 3 heterocycles. The molecule has 0 atom stereocenters. The van der Waals surface area contributed by atoms with Gasteiger partial charge < -0.3 is 15.8 Å². The van der Waals surface area contributed by atoms with Crippen LogP contribution in [0.25, 0.3) is 44.2 Å². The van der Waals surface area contributed by atoms with Gasteiger partial charge in [0.15, 0.2) is 5.82 Å². The highest BCUT2D eigenvalue weighted by atomic mass is 16.5. The number of ether oxygens (including phenoxy) is 1. The number of benzene rings is 3. The lowest BCUT2D eigenvalue weighted by molar-refractivity contribution is 0.413. The zero-order valence-corrected chi connectivity index (χ0v) is 19.5. The second kappa shape index (κ2) is 8.96. The third-order valence-electron chi connectivity index (χ3n) is 6.13. The molecule has 0 saturated carbocycles. The predicted octanol–water partition coefficient (Wildman–Crippen LogP) is 6.24. The van der Waals surface area contributed by atoms with E-state index in [-0.39, 0.29) is 0 Å². The second-order valence-corrected chi connectivity index (χ2v) is 8.34. The molecule has 0 bridgehead atoms. The summed E-state index contributed by atoms with van der Waals surface area (Å²) in [6.45, 7) is 0. The van der Waals surface area contributed by atoms with Crippen LogP contribution < -0.4 is 15.8 Å². The molecule has 3 aromatic carbocycles. The number of hydrogen-bond acceptors (Lipinski definition) is 7. The molecule has 3 N–H and O–H groups in total. The number of aromatic nitrogens is 4. The Morgan fingerprint density at radius 3 is 2.42 bits per heavy atom. The summed E-state index contributed by atoms with van der Waals surface area (Å²) in [5.74, 6) is 1.32. The average Bonchev–Trinajstić information content (AvgIpc) is 2.94. The molecule has 0 radical (unpaired) electrons. The van der Waals surface area contributed by atoms with Gasteiger partial charge in [0.25, 0.3) is 0 Å². The Morgan fingerprint density at radius 2 is 1.58 bits per heavy atom. The van der Waals surface area contributed by atoms with Crippen molar-refractivity contribution in [3.05, 3.63) is 97.3 Å². The number of nitrogens with zero attached hydrogens (tertiary/aromatic N) is 4. The van der Waals surface area contributed by atoms with Gasteiger partial charge in [-0.15, -0.1) is 10.2 Å². The third-order valence-corrected chi connectivity index (χ3v) is 6.13. The lowest BCUT2D eigenvalue weighted by Gasteiger charge is -2.14. The summed E-state index contributed by atoms with van der Waals surface area (Å²) in [6.07, 6.45) is 3.43. The Morgan fingerprint density at radius 1 is 0.778 bits per heavy atom. The maximum atomic E-state index is 6.41. The number of nitrogen functional groups attached to an aromatic ring is 1. The van der Waals surface area contributed by atoms with Gasteiger partial charge >= 0.3 is 0 Å². The molecule has 0 aliphatic carbocycles. The minimum Gasteiger partial charge on any atom is -0.495 e. The number of nitrogens with one attached hydrogen (secondary N) is 1. The fraction of sp³-hybridized carbons (Fsp3) is 0.0345. The van der Waals surface area contributed by atoms with Crippen LogP contribution in [0.1, 0.15) is 0 Å². The average molecular weight is 471 g/mol. The van der Waals surface area contributed by atoms with E-state index in [2.05, 4.69) is 31.5 Å². The molecule has 36 heavy (non-hydrogen) atoms. The van der Waals surface area contributed by atoms with Crippen molar-refractivity contribution in [2.75, 3.05) is 18.2 Å². The fourth-order valence-electron chi connectivity index (χ4n) is 4.35. The van der Waals surface area contributed by atoms with Crippen molar-refractivity contribution in [2.24, 2.45) is 0 Å². The number of hydrogen-bond donors (Lipinski definition) is 2. The van der Waals surface area contributed by atoms with E-state index in [4.69, 9.17) is 10.5 Å². The maximum Gasteiger partial charge on any atom is 0.161 e. The maximum absolute atomic E-state index is 6.41. The van der Waals surface area contributed by atoms with E-state index in [0.717, 1.165) is 49.9 Å². The van der Waals surface area contributed by atoms with Crippen LogP contribution in [0.3, 0.4) is 0 Å². The van der Waals surface area contributed by atoms with E-state index in [1.54, 1.807) is 19.5 Å². The third kappa shape index (κ3) is 3.82. The van der Waals surface area contributed by atoms with Gasteiger partial charge in [0.05, 0.1) is 24.3 Å². The van der Waals surface area contributed by atoms with E-state index in [1.807, 2.05) is 78.9 Å². The van der Waals surface area contributed by atoms with Crippen molar-refractivity contribution < 1.29 is 4.74 Å². The molecule has 0 saturated heterocycles. The van der Waals surface area contributed by atoms with Crippen LogP contribution >= 0.6 is 0 Å². The summed E-state index contributed by atoms with van der Waals surface area (Å²) < 4.78 is 5.30. The van der Waals surface area contributed by atoms with Crippen molar-refractivity contribution in [1.29, 1.82) is 0 Å². The van der Waals surface area contributed by atoms with E-state index in [0.29, 0.717) is 17.3 Å². The van der Waals surface area contributed by atoms with Crippen LogP contribution in [0.2, 0.25) is 0 Å². The number of fused-ring (bicyclic) bond motifs is 2. The Hall–Kier alpha value is -5.04. The number of pyridine rings is 2. The fourth-order valence-corrected chi connectivity index (χ4v) is 4.35. The van der Waals surface area contributed by atoms with E-state index >= 15 is 0 Å². The molecular formula is C29H22N6O. The standard InChI is InChI=1S/C29H22N6O/c1-36-20-16-26-28(32-17-20)22(13-14-31-26)24-15-19(11-12-25(24)30)33-29-23-10-6-5-9-21(23)27(34-35-29)18-7-3-2-4-8-18/h2-17H,30H2,1H3,(H,33,35). The number of nitrogens with two attached hydrogens (primary N) is 1. The van der Waals surface area contributed by atoms with Crippen LogP contribution in [0.5, 0.6) is 5.75 Å². The first-order chi connectivity index (χ1) is 17.7. The molecule has 0 aliphatic heterocycles. The monoisotopic (exact) mass is 470 g/mol. The van der Waals surface area contributed by atoms with E-state index in [1.165, 1.54) is 0 Å². The molecule has 0 fully saturated rings. The van der Waals surface area contributed by atoms with Crippen molar-refractivity contribution in [1.82, 2.24) is 20.2 Å². The Kier molecular flexibility index (Phi) is 5.35. The Balaban J connectivity index is 1.43. The first-order valence-electron chi connectivity index (χ1n) is 11.5. The van der Waals surface area contributed by atoms with Gasteiger partial charge in [0.2, 0.25) is 0 Å². The zero-order chi connectivity index (χ0) is 24.5. The second-order valence-electron chi connectivity index (χ2n) is 8.34. The number of methoxy groups -OCH3 is 1. The molecule has 0 aliphatic rings. The number of rotatable bonds is 5. The molecule has 6 rings (SSSR count). The summed E-state index contributed by atoms with van der Waals surface area (Å²) in [7, 11) is 1.61. The Bertz CT molecular complexity index is 1720. The van der Waals surface area contributed by atoms with Crippen LogP contribution in [-0.2, 0) is 0 Å². The largest absolute Gasteiger partial charge is 0.495 e. The molecule has 0 spiro atoms. The summed E-state index contributed by atoms with van der Waals surface area (Å²) in [4.78, 5) is 9.02. The van der Waals surface area contributed by atoms with Crippen molar-refractivity contribution in [3.8, 4) is 28.1 Å². The first kappa shape index (κ1) is 21.5. The lowest BCUT2D eigenvalue weighted by Crippen LogP contribution is -2.00. The minimum atomic E-state index is 0.640. The summed E-state index contributed by atoms with van der Waals surface area (Å²) >= 11 is 0. The smallest absolute Gasteiger partial charge is 0.161 e. The van der Waals surface area contributed by atoms with Crippen LogP contribution in [0, 0.1) is 0 Å². The normalized spacial score (nSPS) is 11.0. The van der Waals surface area contributed by atoms with E-state index < -0.39 is 0 Å². The van der Waals surface area contributed by atoms with Crippen LogP contribution in [-0.4, -0.2) is 27.3 Å². The van der Waals surface area contributed by atoms with Crippen LogP contribution in [0.15, 0.2) is 97.3 Å². The SMILES string of the molecule is COc1cnc2c(-c3cc(Nc4nnc(-c5ccccc5)c5ccccc45)ccc3N)ccnc2c1. The molecule has 7 nitrogen and oxygen atoms in total. The van der Waals surface area contributed by atoms with Crippen LogP contribution in [0.4, 0.5) is 17.2 Å². The molecule has 0 amide bonds. The summed E-state index contributed by atoms with van der Waals surface area (Å²) in [5, 5.41) is 14.6. The molecular weight excluding hydrogens is 448 g/mol. The van der Waals surface area contributed by atoms with Gasteiger partial charge in [-0.3, -0.25) is 9.97 Å². The van der Waals surface area contributed by atoms with Gasteiger partial charge in [-0.2, -0.15) is 0 Å². The van der Waals surface area contributed by atoms with Gasteiger partial charge in [0.1, 0.15) is 11.4 Å². The zero-order valence-electron chi connectivity index (χ0n) is 19.5. The molecule has 3 aromatic heterocycles. The quantitative estimate of drug-likeness (QED) is 0.288. The Labute approximate surface area is 207 Å². The highest BCUT2D eigenvalue weighted by Gasteiger charge is 2.14. The molecule has 174 valence electrons. The highest BCUT2D eigenvalue weighted by Crippen LogP contribution is 2.35. The molecule has 6 aromatic rings. The first-order valence-corrected chi connectivity index (χ1v) is 11.5. The van der Waals surface area contributed by atoms with Gasteiger partial charge in [-0.05, 0) is 24.3 Å². The van der Waals surface area contributed by atoms with Crippen molar-refractivity contribution in [2.45, 2.75) is 0 Å². The van der Waals surface area contributed by atoms with Crippen molar-refractivity contribution >= 4 is 39.0 Å². The topological polar surface area (TPSA) is 98.8 Å². The van der Waals surface area contributed by atoms with Gasteiger partial charge in [-0.25, -0.2) is 0 Å². The number of anilines is 3. The minimum absolute atomic E-state index is 0.640. The predicted molar refractivity (Wildman–Crippen MR) is 144 cm³/mol. The highest BCUT2D eigenvalue weighted by molar-refractivity contribution is 6.01. The van der Waals surface area contributed by atoms with Gasteiger partial charge in [0, 0.05) is 51.1 Å². The van der Waals surface area contributed by atoms with Gasteiger partial charge in [-0.1, -0.05) is 54.6 Å². The molecule has 0 unspecified atom stereocenters. The summed E-state index contributed by atoms with van der Waals surface area (Å²) in [5.41, 5.74) is 13.0. The van der Waals surface area contributed by atoms with Crippen molar-refractivity contribution in [3.63, 3.8) is 0 Å². The molecule has 7 heteroatoms.